The van der Waals surface area contributed by atoms with Crippen LogP contribution in [0.3, 0.4) is 0 Å². The van der Waals surface area contributed by atoms with Gasteiger partial charge in [-0.2, -0.15) is 0 Å². The number of aliphatic hydroxyl groups excluding tert-OH is 1. The Morgan fingerprint density at radius 3 is 2.64 bits per heavy atom. The summed E-state index contributed by atoms with van der Waals surface area (Å²) < 4.78 is 4.92. The lowest BCUT2D eigenvalue weighted by Gasteiger charge is -2.25. The second-order valence-electron chi connectivity index (χ2n) is 4.01. The third kappa shape index (κ3) is 3.29. The molecule has 0 unspecified atom stereocenters. The van der Waals surface area contributed by atoms with E-state index in [2.05, 4.69) is 0 Å². The van der Waals surface area contributed by atoms with Crippen LogP contribution in [0.5, 0.6) is 0 Å². The van der Waals surface area contributed by atoms with Gasteiger partial charge in [0, 0.05) is 0 Å². The minimum absolute atomic E-state index is 0.133. The number of hydrogen-bond donors (Lipinski definition) is 1. The molecule has 0 aromatic heterocycles. The first-order valence-corrected chi connectivity index (χ1v) is 5.60. The van der Waals surface area contributed by atoms with E-state index in [1.54, 1.807) is 0 Å². The van der Waals surface area contributed by atoms with Crippen molar-refractivity contribution >= 4 is 5.97 Å². The van der Waals surface area contributed by atoms with Gasteiger partial charge in [-0.1, -0.05) is 26.2 Å². The monoisotopic (exact) mass is 200 g/mol. The third-order valence-electron chi connectivity index (χ3n) is 2.79. The summed E-state index contributed by atoms with van der Waals surface area (Å²) in [6.07, 6.45) is 5.33. The number of rotatable bonds is 4. The van der Waals surface area contributed by atoms with Gasteiger partial charge in [0.1, 0.15) is 0 Å². The molecular formula is C11H20O3. The first-order valence-electron chi connectivity index (χ1n) is 5.60. The van der Waals surface area contributed by atoms with Crippen molar-refractivity contribution in [3.63, 3.8) is 0 Å². The lowest BCUT2D eigenvalue weighted by atomic mass is 9.85. The van der Waals surface area contributed by atoms with Crippen LogP contribution in [0.15, 0.2) is 0 Å². The van der Waals surface area contributed by atoms with Crippen LogP contribution in [-0.4, -0.2) is 23.8 Å². The highest BCUT2D eigenvalue weighted by Gasteiger charge is 2.28. The Balaban J connectivity index is 2.30. The van der Waals surface area contributed by atoms with Gasteiger partial charge in [0.2, 0.25) is 0 Å². The zero-order chi connectivity index (χ0) is 10.4. The topological polar surface area (TPSA) is 46.5 Å². The molecule has 1 saturated carbocycles. The second kappa shape index (κ2) is 6.02. The number of esters is 1. The summed E-state index contributed by atoms with van der Waals surface area (Å²) in [7, 11) is 0. The van der Waals surface area contributed by atoms with Gasteiger partial charge < -0.3 is 9.84 Å². The first-order chi connectivity index (χ1) is 6.75. The molecule has 0 bridgehead atoms. The quantitative estimate of drug-likeness (QED) is 0.705. The van der Waals surface area contributed by atoms with Crippen molar-refractivity contribution in [2.75, 3.05) is 6.61 Å². The predicted molar refractivity (Wildman–Crippen MR) is 53.8 cm³/mol. The summed E-state index contributed by atoms with van der Waals surface area (Å²) in [5.41, 5.74) is 0. The molecule has 14 heavy (non-hydrogen) atoms. The summed E-state index contributed by atoms with van der Waals surface area (Å²) in [6.45, 7) is 2.36. The van der Waals surface area contributed by atoms with Crippen molar-refractivity contribution in [1.29, 1.82) is 0 Å². The van der Waals surface area contributed by atoms with Crippen LogP contribution in [0.4, 0.5) is 0 Å². The van der Waals surface area contributed by atoms with E-state index in [1.165, 1.54) is 6.42 Å². The molecule has 0 heterocycles. The summed E-state index contributed by atoms with van der Waals surface area (Å²) in [4.78, 5) is 11.3. The molecule has 0 aliphatic heterocycles. The molecule has 82 valence electrons. The second-order valence-corrected chi connectivity index (χ2v) is 4.01. The largest absolute Gasteiger partial charge is 0.464 e. The van der Waals surface area contributed by atoms with Crippen LogP contribution >= 0.6 is 0 Å². The van der Waals surface area contributed by atoms with Crippen LogP contribution in [0.2, 0.25) is 0 Å². The number of aliphatic hydroxyl groups is 1. The van der Waals surface area contributed by atoms with Crippen LogP contribution < -0.4 is 0 Å². The Bertz CT molecular complexity index is 173. The molecule has 1 aliphatic carbocycles. The van der Waals surface area contributed by atoms with Gasteiger partial charge in [-0.3, -0.25) is 0 Å². The lowest BCUT2D eigenvalue weighted by molar-refractivity contribution is -0.157. The Morgan fingerprint density at radius 2 is 2.07 bits per heavy atom. The van der Waals surface area contributed by atoms with Crippen molar-refractivity contribution in [3.8, 4) is 0 Å². The van der Waals surface area contributed by atoms with E-state index in [4.69, 9.17) is 4.74 Å². The molecule has 3 nitrogen and oxygen atoms in total. The SMILES string of the molecule is CCCOC(=O)[C@@H](O)C1CCCCC1. The van der Waals surface area contributed by atoms with Crippen LogP contribution in [0.1, 0.15) is 45.4 Å². The molecule has 1 fully saturated rings. The summed E-state index contributed by atoms with van der Waals surface area (Å²) in [5.74, 6) is -0.299. The Kier molecular flexibility index (Phi) is 4.94. The minimum atomic E-state index is -0.887. The van der Waals surface area contributed by atoms with Crippen molar-refractivity contribution < 1.29 is 14.6 Å². The Labute approximate surface area is 85.5 Å². The molecule has 0 radical (unpaired) electrons. The molecule has 1 rings (SSSR count). The van der Waals surface area contributed by atoms with Crippen molar-refractivity contribution in [2.45, 2.75) is 51.6 Å². The average molecular weight is 200 g/mol. The van der Waals surface area contributed by atoms with E-state index in [9.17, 15) is 9.90 Å². The summed E-state index contributed by atoms with van der Waals surface area (Å²) in [6, 6.07) is 0. The zero-order valence-electron chi connectivity index (χ0n) is 8.87. The molecule has 1 atom stereocenters. The summed E-state index contributed by atoms with van der Waals surface area (Å²) >= 11 is 0. The molecule has 0 aromatic carbocycles. The van der Waals surface area contributed by atoms with E-state index in [-0.39, 0.29) is 5.92 Å². The van der Waals surface area contributed by atoms with E-state index in [1.807, 2.05) is 6.92 Å². The molecule has 0 aromatic rings. The van der Waals surface area contributed by atoms with Gasteiger partial charge in [0.15, 0.2) is 6.10 Å². The Morgan fingerprint density at radius 1 is 1.43 bits per heavy atom. The Hall–Kier alpha value is -0.570. The van der Waals surface area contributed by atoms with Crippen LogP contribution in [-0.2, 0) is 9.53 Å². The smallest absolute Gasteiger partial charge is 0.335 e. The maximum Gasteiger partial charge on any atom is 0.335 e. The molecule has 1 N–H and O–H groups in total. The normalized spacial score (nSPS) is 20.4. The van der Waals surface area contributed by atoms with Gasteiger partial charge in [0.25, 0.3) is 0 Å². The van der Waals surface area contributed by atoms with Gasteiger partial charge in [-0.15, -0.1) is 0 Å². The average Bonchev–Trinajstić information content (AvgIpc) is 2.26. The molecular weight excluding hydrogens is 180 g/mol. The third-order valence-corrected chi connectivity index (χ3v) is 2.79. The van der Waals surface area contributed by atoms with E-state index < -0.39 is 12.1 Å². The van der Waals surface area contributed by atoms with Gasteiger partial charge in [-0.05, 0) is 25.2 Å². The molecule has 3 heteroatoms. The van der Waals surface area contributed by atoms with Crippen molar-refractivity contribution in [2.24, 2.45) is 5.92 Å². The first kappa shape index (κ1) is 11.5. The minimum Gasteiger partial charge on any atom is -0.464 e. The highest BCUT2D eigenvalue weighted by atomic mass is 16.5. The zero-order valence-corrected chi connectivity index (χ0v) is 8.87. The predicted octanol–water partition coefficient (Wildman–Crippen LogP) is 1.88. The van der Waals surface area contributed by atoms with Crippen LogP contribution in [0.25, 0.3) is 0 Å². The van der Waals surface area contributed by atoms with Gasteiger partial charge >= 0.3 is 5.97 Å². The number of carbonyl (C=O) groups is 1. The highest BCUT2D eigenvalue weighted by Crippen LogP contribution is 2.26. The summed E-state index contributed by atoms with van der Waals surface area (Å²) in [5, 5.41) is 9.69. The molecule has 0 spiro atoms. The molecule has 0 saturated heterocycles. The fourth-order valence-electron chi connectivity index (χ4n) is 1.93. The van der Waals surface area contributed by atoms with E-state index >= 15 is 0 Å². The van der Waals surface area contributed by atoms with Gasteiger partial charge in [-0.25, -0.2) is 4.79 Å². The van der Waals surface area contributed by atoms with E-state index in [0.717, 1.165) is 32.1 Å². The van der Waals surface area contributed by atoms with Crippen molar-refractivity contribution in [3.05, 3.63) is 0 Å². The van der Waals surface area contributed by atoms with Crippen LogP contribution in [0, 0.1) is 5.92 Å². The standard InChI is InChI=1S/C11H20O3/c1-2-8-14-11(13)10(12)9-6-4-3-5-7-9/h9-10,12H,2-8H2,1H3/t10-/m0/s1. The molecule has 0 amide bonds. The number of carbonyl (C=O) groups excluding carboxylic acids is 1. The lowest BCUT2D eigenvalue weighted by Crippen LogP contribution is -2.32. The maximum atomic E-state index is 11.3. The van der Waals surface area contributed by atoms with E-state index in [0.29, 0.717) is 6.61 Å². The fourth-order valence-corrected chi connectivity index (χ4v) is 1.93. The molecule has 1 aliphatic rings. The number of ether oxygens (including phenoxy) is 1. The fraction of sp³-hybridized carbons (Fsp3) is 0.909. The van der Waals surface area contributed by atoms with Crippen molar-refractivity contribution in [1.82, 2.24) is 0 Å². The highest BCUT2D eigenvalue weighted by molar-refractivity contribution is 5.74. The number of hydrogen-bond acceptors (Lipinski definition) is 3. The maximum absolute atomic E-state index is 11.3. The van der Waals surface area contributed by atoms with Gasteiger partial charge in [0.05, 0.1) is 6.61 Å².